The van der Waals surface area contributed by atoms with Gasteiger partial charge in [0, 0.05) is 27.8 Å². The van der Waals surface area contributed by atoms with E-state index in [1.165, 1.54) is 16.1 Å². The lowest BCUT2D eigenvalue weighted by molar-refractivity contribution is 0.579. The van der Waals surface area contributed by atoms with Crippen LogP contribution in [0.1, 0.15) is 23.6 Å². The first kappa shape index (κ1) is 19.8. The van der Waals surface area contributed by atoms with Gasteiger partial charge in [0.25, 0.3) is 10.0 Å². The minimum Gasteiger partial charge on any atom is -0.313 e. The Hall–Kier alpha value is -1.50. The van der Waals surface area contributed by atoms with Gasteiger partial charge in [-0.1, -0.05) is 40.9 Å². The number of halogens is 3. The van der Waals surface area contributed by atoms with Crippen molar-refractivity contribution in [3.63, 3.8) is 0 Å². The van der Waals surface area contributed by atoms with E-state index < -0.39 is 10.0 Å². The van der Waals surface area contributed by atoms with Crippen molar-refractivity contribution in [2.24, 2.45) is 0 Å². The highest BCUT2D eigenvalue weighted by Crippen LogP contribution is 2.43. The fourth-order valence-corrected chi connectivity index (χ4v) is 5.95. The van der Waals surface area contributed by atoms with E-state index in [9.17, 15) is 8.42 Å². The Morgan fingerprint density at radius 1 is 1.07 bits per heavy atom. The number of nitrogens with one attached hydrogen (secondary N) is 1. The van der Waals surface area contributed by atoms with Crippen molar-refractivity contribution in [2.45, 2.75) is 23.8 Å². The molecule has 0 aliphatic heterocycles. The van der Waals surface area contributed by atoms with E-state index in [4.69, 9.17) is 34.8 Å². The zero-order valence-corrected chi connectivity index (χ0v) is 18.0. The summed E-state index contributed by atoms with van der Waals surface area (Å²) < 4.78 is 28.3. The summed E-state index contributed by atoms with van der Waals surface area (Å²) in [6, 6.07) is 11.4. The van der Waals surface area contributed by atoms with Crippen LogP contribution in [0, 0.1) is 0 Å². The maximum absolute atomic E-state index is 13.5. The molecule has 28 heavy (non-hydrogen) atoms. The first-order valence-corrected chi connectivity index (χ1v) is 11.3. The quantitative estimate of drug-likeness (QED) is 0.560. The number of fused-ring (bicyclic) bond motifs is 1. The average Bonchev–Trinajstić information content (AvgIpc) is 3.21. The number of aromatic nitrogens is 1. The third kappa shape index (κ3) is 3.25. The Morgan fingerprint density at radius 3 is 2.50 bits per heavy atom. The molecule has 0 amide bonds. The van der Waals surface area contributed by atoms with Crippen LogP contribution < -0.4 is 5.32 Å². The van der Waals surface area contributed by atoms with Crippen molar-refractivity contribution in [1.29, 1.82) is 0 Å². The molecule has 4 nitrogen and oxygen atoms in total. The molecule has 146 valence electrons. The van der Waals surface area contributed by atoms with Gasteiger partial charge in [-0.25, -0.2) is 12.4 Å². The summed E-state index contributed by atoms with van der Waals surface area (Å²) in [6.45, 7) is 0. The summed E-state index contributed by atoms with van der Waals surface area (Å²) in [6.07, 6.45) is 3.35. The first-order valence-electron chi connectivity index (χ1n) is 8.71. The van der Waals surface area contributed by atoms with Gasteiger partial charge in [-0.2, -0.15) is 0 Å². The topological polar surface area (TPSA) is 51.1 Å². The Kier molecular flexibility index (Phi) is 5.23. The van der Waals surface area contributed by atoms with Crippen LogP contribution in [0.2, 0.25) is 15.1 Å². The van der Waals surface area contributed by atoms with Crippen molar-refractivity contribution in [1.82, 2.24) is 9.29 Å². The second-order valence-corrected chi connectivity index (χ2v) is 9.77. The minimum atomic E-state index is -3.86. The van der Waals surface area contributed by atoms with E-state index in [0.717, 1.165) is 24.0 Å². The number of benzene rings is 2. The molecule has 8 heteroatoms. The van der Waals surface area contributed by atoms with Crippen LogP contribution in [0.25, 0.3) is 11.3 Å². The van der Waals surface area contributed by atoms with Gasteiger partial charge in [0.1, 0.15) is 0 Å². The summed E-state index contributed by atoms with van der Waals surface area (Å²) in [7, 11) is -1.99. The maximum atomic E-state index is 13.5. The third-order valence-electron chi connectivity index (χ3n) is 5.06. The molecule has 0 fully saturated rings. The number of hydrogen-bond acceptors (Lipinski definition) is 3. The molecular weight excluding hydrogens is 439 g/mol. The Morgan fingerprint density at radius 2 is 1.82 bits per heavy atom. The number of hydrogen-bond donors (Lipinski definition) is 1. The normalized spacial score (nSPS) is 16.4. The minimum absolute atomic E-state index is 0.0932. The van der Waals surface area contributed by atoms with Crippen molar-refractivity contribution >= 4 is 44.8 Å². The Labute approximate surface area is 179 Å². The predicted molar refractivity (Wildman–Crippen MR) is 114 cm³/mol. The molecule has 0 bridgehead atoms. The van der Waals surface area contributed by atoms with Gasteiger partial charge in [0.15, 0.2) is 0 Å². The number of rotatable bonds is 4. The molecule has 1 aliphatic carbocycles. The molecule has 0 saturated carbocycles. The average molecular weight is 456 g/mol. The molecule has 1 aromatic heterocycles. The first-order chi connectivity index (χ1) is 13.3. The highest BCUT2D eigenvalue weighted by molar-refractivity contribution is 7.90. The second-order valence-electron chi connectivity index (χ2n) is 6.67. The van der Waals surface area contributed by atoms with E-state index in [-0.39, 0.29) is 10.9 Å². The molecule has 1 atom stereocenters. The molecule has 0 spiro atoms. The van der Waals surface area contributed by atoms with Crippen molar-refractivity contribution in [3.8, 4) is 11.3 Å². The Balaban J connectivity index is 2.00. The predicted octanol–water partition coefficient (Wildman–Crippen LogP) is 5.56. The highest BCUT2D eigenvalue weighted by Gasteiger charge is 2.33. The molecule has 0 radical (unpaired) electrons. The van der Waals surface area contributed by atoms with E-state index in [0.29, 0.717) is 26.3 Å². The summed E-state index contributed by atoms with van der Waals surface area (Å²) >= 11 is 18.5. The molecular formula is C20H17Cl3N2O2S. The molecule has 1 heterocycles. The van der Waals surface area contributed by atoms with Crippen LogP contribution in [0.5, 0.6) is 0 Å². The monoisotopic (exact) mass is 454 g/mol. The lowest BCUT2D eigenvalue weighted by atomic mass is 10.1. The van der Waals surface area contributed by atoms with Gasteiger partial charge >= 0.3 is 0 Å². The molecule has 0 saturated heterocycles. The second kappa shape index (κ2) is 7.39. The van der Waals surface area contributed by atoms with E-state index in [2.05, 4.69) is 5.32 Å². The van der Waals surface area contributed by atoms with Gasteiger partial charge < -0.3 is 5.32 Å². The lowest BCUT2D eigenvalue weighted by Gasteiger charge is -2.14. The summed E-state index contributed by atoms with van der Waals surface area (Å²) in [5.74, 6) is 0. The SMILES string of the molecule is CNC1CCc2c1cn(S(=O)(=O)c1cccc(Cl)c1)c2-c1ccc(Cl)cc1Cl. The van der Waals surface area contributed by atoms with Gasteiger partial charge in [0.2, 0.25) is 0 Å². The fourth-order valence-electron chi connectivity index (χ4n) is 3.74. The molecule has 2 aromatic carbocycles. The van der Waals surface area contributed by atoms with Crippen LogP contribution in [0.4, 0.5) is 0 Å². The van der Waals surface area contributed by atoms with E-state index in [1.807, 2.05) is 7.05 Å². The fraction of sp³-hybridized carbons (Fsp3) is 0.200. The molecule has 1 N–H and O–H groups in total. The van der Waals surface area contributed by atoms with Gasteiger partial charge in [0.05, 0.1) is 15.6 Å². The smallest absolute Gasteiger partial charge is 0.268 e. The van der Waals surface area contributed by atoms with Crippen LogP contribution in [-0.4, -0.2) is 19.4 Å². The van der Waals surface area contributed by atoms with Gasteiger partial charge in [-0.15, -0.1) is 0 Å². The van der Waals surface area contributed by atoms with Crippen LogP contribution >= 0.6 is 34.8 Å². The van der Waals surface area contributed by atoms with Crippen molar-refractivity contribution in [2.75, 3.05) is 7.05 Å². The maximum Gasteiger partial charge on any atom is 0.268 e. The molecule has 1 unspecified atom stereocenters. The molecule has 3 aromatic rings. The van der Waals surface area contributed by atoms with Crippen molar-refractivity contribution < 1.29 is 8.42 Å². The third-order valence-corrected chi connectivity index (χ3v) is 7.50. The summed E-state index contributed by atoms with van der Waals surface area (Å²) in [5.41, 5.74) is 3.16. The van der Waals surface area contributed by atoms with Gasteiger partial charge in [-0.05, 0) is 67.4 Å². The summed E-state index contributed by atoms with van der Waals surface area (Å²) in [5, 5.41) is 4.51. The van der Waals surface area contributed by atoms with E-state index >= 15 is 0 Å². The van der Waals surface area contributed by atoms with Crippen LogP contribution in [-0.2, 0) is 16.4 Å². The van der Waals surface area contributed by atoms with E-state index in [1.54, 1.807) is 36.5 Å². The lowest BCUT2D eigenvalue weighted by Crippen LogP contribution is -2.16. The summed E-state index contributed by atoms with van der Waals surface area (Å²) in [4.78, 5) is 0.126. The largest absolute Gasteiger partial charge is 0.313 e. The van der Waals surface area contributed by atoms with Crippen molar-refractivity contribution in [3.05, 3.63) is 74.9 Å². The van der Waals surface area contributed by atoms with Crippen LogP contribution in [0.3, 0.4) is 0 Å². The molecule has 4 rings (SSSR count). The standard InChI is InChI=1S/C20H17Cl3N2O2S/c1-24-19-8-7-15-17(19)11-25(20(15)16-6-5-13(22)10-18(16)23)28(26,27)14-4-2-3-12(21)9-14/h2-6,9-11,19,24H,7-8H2,1H3. The van der Waals surface area contributed by atoms with Crippen LogP contribution in [0.15, 0.2) is 53.6 Å². The highest BCUT2D eigenvalue weighted by atomic mass is 35.5. The number of nitrogens with zero attached hydrogens (tertiary/aromatic N) is 1. The zero-order chi connectivity index (χ0) is 20.1. The zero-order valence-electron chi connectivity index (χ0n) is 14.9. The van der Waals surface area contributed by atoms with Gasteiger partial charge in [-0.3, -0.25) is 0 Å². The Bertz CT molecular complexity index is 1170. The molecule has 1 aliphatic rings.